The zero-order chi connectivity index (χ0) is 12.4. The molecule has 2 rings (SSSR count). The summed E-state index contributed by atoms with van der Waals surface area (Å²) < 4.78 is 1.35. The first kappa shape index (κ1) is 13.2. The van der Waals surface area contributed by atoms with E-state index >= 15 is 0 Å². The van der Waals surface area contributed by atoms with Gasteiger partial charge in [0.15, 0.2) is 0 Å². The van der Waals surface area contributed by atoms with Gasteiger partial charge in [0, 0.05) is 15.3 Å². The molecule has 1 aromatic carbocycles. The summed E-state index contributed by atoms with van der Waals surface area (Å²) >= 11 is 2.41. The Morgan fingerprint density at radius 2 is 1.82 bits per heavy atom. The Morgan fingerprint density at radius 1 is 1.18 bits per heavy atom. The minimum Gasteiger partial charge on any atom is -0.382 e. The SMILES string of the molecule is Cc1ccc(NC2C(C)CCCC2C)cc1I. The Bertz CT molecular complexity index is 379. The van der Waals surface area contributed by atoms with E-state index in [2.05, 4.69) is 66.9 Å². The van der Waals surface area contributed by atoms with E-state index in [1.807, 2.05) is 0 Å². The van der Waals surface area contributed by atoms with Gasteiger partial charge >= 0.3 is 0 Å². The number of halogens is 1. The molecule has 0 aliphatic heterocycles. The van der Waals surface area contributed by atoms with Crippen LogP contribution in [0.5, 0.6) is 0 Å². The molecule has 1 saturated carbocycles. The molecule has 1 fully saturated rings. The van der Waals surface area contributed by atoms with E-state index in [-0.39, 0.29) is 0 Å². The van der Waals surface area contributed by atoms with Gasteiger partial charge in [0.2, 0.25) is 0 Å². The third-order valence-corrected chi connectivity index (χ3v) is 5.21. The fraction of sp³-hybridized carbons (Fsp3) is 0.600. The summed E-state index contributed by atoms with van der Waals surface area (Å²) in [6, 6.07) is 7.33. The lowest BCUT2D eigenvalue weighted by Gasteiger charge is -2.36. The van der Waals surface area contributed by atoms with Crippen molar-refractivity contribution in [2.24, 2.45) is 11.8 Å². The minimum absolute atomic E-state index is 0.641. The molecule has 0 radical (unpaired) electrons. The first-order valence-electron chi connectivity index (χ1n) is 6.60. The number of aryl methyl sites for hydroxylation is 1. The fourth-order valence-electron chi connectivity index (χ4n) is 2.84. The molecule has 94 valence electrons. The molecule has 0 aromatic heterocycles. The number of hydrogen-bond acceptors (Lipinski definition) is 1. The van der Waals surface area contributed by atoms with Crippen molar-refractivity contribution in [2.75, 3.05) is 5.32 Å². The fourth-order valence-corrected chi connectivity index (χ4v) is 3.36. The molecule has 2 unspecified atom stereocenters. The molecule has 0 saturated heterocycles. The van der Waals surface area contributed by atoms with Crippen molar-refractivity contribution in [1.82, 2.24) is 0 Å². The highest BCUT2D eigenvalue weighted by Gasteiger charge is 2.27. The quantitative estimate of drug-likeness (QED) is 0.758. The summed E-state index contributed by atoms with van der Waals surface area (Å²) in [5, 5.41) is 3.74. The summed E-state index contributed by atoms with van der Waals surface area (Å²) in [6.45, 7) is 6.93. The van der Waals surface area contributed by atoms with E-state index in [4.69, 9.17) is 0 Å². The highest BCUT2D eigenvalue weighted by Crippen LogP contribution is 2.31. The predicted molar refractivity (Wildman–Crippen MR) is 83.5 cm³/mol. The van der Waals surface area contributed by atoms with Crippen molar-refractivity contribution in [3.8, 4) is 0 Å². The molecule has 1 N–H and O–H groups in total. The zero-order valence-corrected chi connectivity index (χ0v) is 13.1. The van der Waals surface area contributed by atoms with Crippen molar-refractivity contribution in [3.05, 3.63) is 27.3 Å². The lowest BCUT2D eigenvalue weighted by molar-refractivity contribution is 0.268. The van der Waals surface area contributed by atoms with Crippen LogP contribution in [-0.2, 0) is 0 Å². The third-order valence-electron chi connectivity index (χ3n) is 4.05. The van der Waals surface area contributed by atoms with Gasteiger partial charge in [0.25, 0.3) is 0 Å². The Labute approximate surface area is 119 Å². The van der Waals surface area contributed by atoms with Gasteiger partial charge in [-0.3, -0.25) is 0 Å². The molecule has 0 spiro atoms. The smallest absolute Gasteiger partial charge is 0.0353 e. The summed E-state index contributed by atoms with van der Waals surface area (Å²) in [5.74, 6) is 1.58. The van der Waals surface area contributed by atoms with Crippen molar-refractivity contribution in [3.63, 3.8) is 0 Å². The van der Waals surface area contributed by atoms with Gasteiger partial charge in [-0.25, -0.2) is 0 Å². The monoisotopic (exact) mass is 343 g/mol. The molecule has 0 amide bonds. The average molecular weight is 343 g/mol. The van der Waals surface area contributed by atoms with E-state index < -0.39 is 0 Å². The van der Waals surface area contributed by atoms with Gasteiger partial charge < -0.3 is 5.32 Å². The van der Waals surface area contributed by atoms with Crippen molar-refractivity contribution >= 4 is 28.3 Å². The van der Waals surface area contributed by atoms with Crippen LogP contribution in [0.3, 0.4) is 0 Å². The van der Waals surface area contributed by atoms with Crippen LogP contribution < -0.4 is 5.32 Å². The second kappa shape index (κ2) is 5.59. The molecular weight excluding hydrogens is 321 g/mol. The van der Waals surface area contributed by atoms with Gasteiger partial charge in [-0.15, -0.1) is 0 Å². The summed E-state index contributed by atoms with van der Waals surface area (Å²) in [6.07, 6.45) is 4.13. The largest absolute Gasteiger partial charge is 0.382 e. The van der Waals surface area contributed by atoms with Crippen LogP contribution >= 0.6 is 22.6 Å². The topological polar surface area (TPSA) is 12.0 Å². The molecule has 0 bridgehead atoms. The van der Waals surface area contributed by atoms with Crippen molar-refractivity contribution in [2.45, 2.75) is 46.1 Å². The van der Waals surface area contributed by atoms with Crippen LogP contribution in [0.15, 0.2) is 18.2 Å². The van der Waals surface area contributed by atoms with Gasteiger partial charge in [-0.05, 0) is 71.9 Å². The lowest BCUT2D eigenvalue weighted by atomic mass is 9.78. The van der Waals surface area contributed by atoms with Gasteiger partial charge in [0.05, 0.1) is 0 Å². The Hall–Kier alpha value is -0.250. The van der Waals surface area contributed by atoms with Crippen LogP contribution in [0.25, 0.3) is 0 Å². The molecule has 0 heterocycles. The Balaban J connectivity index is 2.10. The number of anilines is 1. The predicted octanol–water partition coefficient (Wildman–Crippen LogP) is 4.84. The standard InChI is InChI=1S/C15H22IN/c1-10-7-8-13(9-14(10)16)17-15-11(2)5-4-6-12(15)3/h7-9,11-12,15,17H,4-6H2,1-3H3. The first-order chi connectivity index (χ1) is 8.08. The van der Waals surface area contributed by atoms with E-state index in [0.717, 1.165) is 11.8 Å². The maximum absolute atomic E-state index is 3.74. The maximum Gasteiger partial charge on any atom is 0.0353 e. The van der Waals surface area contributed by atoms with Gasteiger partial charge in [-0.2, -0.15) is 0 Å². The second-order valence-corrected chi connectivity index (χ2v) is 6.68. The molecule has 1 aromatic rings. The zero-order valence-electron chi connectivity index (χ0n) is 11.0. The molecule has 2 atom stereocenters. The molecule has 2 heteroatoms. The van der Waals surface area contributed by atoms with Crippen molar-refractivity contribution < 1.29 is 0 Å². The lowest BCUT2D eigenvalue weighted by Crippen LogP contribution is -2.37. The van der Waals surface area contributed by atoms with Crippen LogP contribution in [0.4, 0.5) is 5.69 Å². The molecule has 17 heavy (non-hydrogen) atoms. The maximum atomic E-state index is 3.74. The summed E-state index contributed by atoms with van der Waals surface area (Å²) in [5.41, 5.74) is 2.64. The molecule has 1 aliphatic rings. The van der Waals surface area contributed by atoms with E-state index in [1.165, 1.54) is 34.1 Å². The van der Waals surface area contributed by atoms with Crippen molar-refractivity contribution in [1.29, 1.82) is 0 Å². The highest BCUT2D eigenvalue weighted by molar-refractivity contribution is 14.1. The van der Waals surface area contributed by atoms with Crippen LogP contribution in [-0.4, -0.2) is 6.04 Å². The number of benzene rings is 1. The molecule has 1 aliphatic carbocycles. The third kappa shape index (κ3) is 3.15. The van der Waals surface area contributed by atoms with Crippen LogP contribution in [0, 0.1) is 22.3 Å². The highest BCUT2D eigenvalue weighted by atomic mass is 127. The molecular formula is C15H22IN. The Morgan fingerprint density at radius 3 is 2.41 bits per heavy atom. The second-order valence-electron chi connectivity index (χ2n) is 5.52. The number of nitrogens with one attached hydrogen (secondary N) is 1. The van der Waals surface area contributed by atoms with Gasteiger partial charge in [0.1, 0.15) is 0 Å². The average Bonchev–Trinajstić information content (AvgIpc) is 2.28. The molecule has 1 nitrogen and oxygen atoms in total. The van der Waals surface area contributed by atoms with Crippen LogP contribution in [0.1, 0.15) is 38.7 Å². The normalized spacial score (nSPS) is 29.1. The van der Waals surface area contributed by atoms with E-state index in [9.17, 15) is 0 Å². The van der Waals surface area contributed by atoms with E-state index in [1.54, 1.807) is 0 Å². The summed E-state index contributed by atoms with van der Waals surface area (Å²) in [7, 11) is 0. The minimum atomic E-state index is 0.641. The summed E-state index contributed by atoms with van der Waals surface area (Å²) in [4.78, 5) is 0. The number of rotatable bonds is 2. The first-order valence-corrected chi connectivity index (χ1v) is 7.68. The van der Waals surface area contributed by atoms with E-state index in [0.29, 0.717) is 6.04 Å². The van der Waals surface area contributed by atoms with Crippen LogP contribution in [0.2, 0.25) is 0 Å². The number of hydrogen-bond donors (Lipinski definition) is 1. The Kier molecular flexibility index (Phi) is 4.34. The van der Waals surface area contributed by atoms with Gasteiger partial charge in [-0.1, -0.05) is 26.3 Å².